The fourth-order valence-electron chi connectivity index (χ4n) is 2.57. The average Bonchev–Trinajstić information content (AvgIpc) is 2.46. The fourth-order valence-corrected chi connectivity index (χ4v) is 4.04. The van der Waals surface area contributed by atoms with Crippen LogP contribution < -0.4 is 15.4 Å². The molecule has 21 heavy (non-hydrogen) atoms. The molecule has 3 rings (SSSR count). The van der Waals surface area contributed by atoms with Gasteiger partial charge in [-0.15, -0.1) is 0 Å². The summed E-state index contributed by atoms with van der Waals surface area (Å²) in [7, 11) is -3.43. The second-order valence-corrected chi connectivity index (χ2v) is 7.97. The van der Waals surface area contributed by atoms with E-state index in [1.165, 1.54) is 4.31 Å². The first-order valence-electron chi connectivity index (χ1n) is 7.16. The van der Waals surface area contributed by atoms with E-state index in [4.69, 9.17) is 4.74 Å². The molecule has 0 radical (unpaired) electrons. The van der Waals surface area contributed by atoms with Gasteiger partial charge in [0.05, 0.1) is 17.1 Å². The predicted molar refractivity (Wildman–Crippen MR) is 81.3 cm³/mol. The van der Waals surface area contributed by atoms with Crippen LogP contribution >= 0.6 is 0 Å². The molecule has 116 valence electrons. The maximum atomic E-state index is 12.6. The lowest BCUT2D eigenvalue weighted by atomic mass is 10.1. The van der Waals surface area contributed by atoms with Crippen LogP contribution in [-0.2, 0) is 10.0 Å². The first-order valence-corrected chi connectivity index (χ1v) is 8.60. The van der Waals surface area contributed by atoms with Crippen LogP contribution in [0.5, 0.6) is 5.75 Å². The molecule has 1 saturated heterocycles. The first kappa shape index (κ1) is 14.6. The summed E-state index contributed by atoms with van der Waals surface area (Å²) in [6.07, 6.45) is 0. The number of sulfonamides is 1. The van der Waals surface area contributed by atoms with E-state index in [0.717, 1.165) is 5.69 Å². The van der Waals surface area contributed by atoms with Crippen LogP contribution in [0.1, 0.15) is 13.8 Å². The van der Waals surface area contributed by atoms with Gasteiger partial charge in [0.1, 0.15) is 11.4 Å². The van der Waals surface area contributed by atoms with Crippen molar-refractivity contribution in [3.05, 3.63) is 18.2 Å². The number of hydrogen-bond donors (Lipinski definition) is 2. The van der Waals surface area contributed by atoms with Gasteiger partial charge in [0.15, 0.2) is 0 Å². The van der Waals surface area contributed by atoms with E-state index in [9.17, 15) is 8.42 Å². The number of fused-ring (bicyclic) bond motifs is 1. The highest BCUT2D eigenvalue weighted by Crippen LogP contribution is 2.35. The summed E-state index contributed by atoms with van der Waals surface area (Å²) in [6.45, 7) is 7.05. The van der Waals surface area contributed by atoms with E-state index in [1.807, 2.05) is 13.8 Å². The third-order valence-corrected chi connectivity index (χ3v) is 5.65. The topological polar surface area (TPSA) is 70.7 Å². The zero-order valence-electron chi connectivity index (χ0n) is 12.3. The SMILES string of the molecule is CC1(C)CNc2cc(S(=O)(=O)N3CCNCC3)ccc2O1. The summed E-state index contributed by atoms with van der Waals surface area (Å²) in [5.41, 5.74) is 0.455. The molecule has 7 heteroatoms. The molecule has 0 saturated carbocycles. The predicted octanol–water partition coefficient (Wildman–Crippen LogP) is 0.863. The molecule has 0 unspecified atom stereocenters. The number of hydrogen-bond acceptors (Lipinski definition) is 5. The number of piperazine rings is 1. The molecule has 2 aliphatic heterocycles. The van der Waals surface area contributed by atoms with Gasteiger partial charge in [-0.3, -0.25) is 0 Å². The van der Waals surface area contributed by atoms with Crippen molar-refractivity contribution in [2.45, 2.75) is 24.3 Å². The van der Waals surface area contributed by atoms with Crippen molar-refractivity contribution in [1.82, 2.24) is 9.62 Å². The summed E-state index contributed by atoms with van der Waals surface area (Å²) < 4.78 is 32.6. The Labute approximate surface area is 125 Å². The molecular formula is C14H21N3O3S. The lowest BCUT2D eigenvalue weighted by Gasteiger charge is -2.34. The fraction of sp³-hybridized carbons (Fsp3) is 0.571. The Balaban J connectivity index is 1.90. The number of nitrogens with one attached hydrogen (secondary N) is 2. The van der Waals surface area contributed by atoms with E-state index in [0.29, 0.717) is 43.4 Å². The Morgan fingerprint density at radius 2 is 1.95 bits per heavy atom. The maximum Gasteiger partial charge on any atom is 0.243 e. The largest absolute Gasteiger partial charge is 0.484 e. The highest BCUT2D eigenvalue weighted by molar-refractivity contribution is 7.89. The number of anilines is 1. The molecule has 0 aromatic heterocycles. The van der Waals surface area contributed by atoms with Crippen LogP contribution in [0.2, 0.25) is 0 Å². The summed E-state index contributed by atoms with van der Waals surface area (Å²) in [5.74, 6) is 0.700. The summed E-state index contributed by atoms with van der Waals surface area (Å²) in [6, 6.07) is 5.03. The smallest absolute Gasteiger partial charge is 0.243 e. The molecule has 2 aliphatic rings. The zero-order chi connectivity index (χ0) is 15.1. The van der Waals surface area contributed by atoms with E-state index in [1.54, 1.807) is 18.2 Å². The molecular weight excluding hydrogens is 290 g/mol. The number of ether oxygens (including phenoxy) is 1. The molecule has 1 fully saturated rings. The third kappa shape index (κ3) is 2.86. The van der Waals surface area contributed by atoms with Gasteiger partial charge in [-0.1, -0.05) is 0 Å². The Morgan fingerprint density at radius 3 is 2.67 bits per heavy atom. The highest BCUT2D eigenvalue weighted by atomic mass is 32.2. The van der Waals surface area contributed by atoms with Crippen LogP contribution in [0.4, 0.5) is 5.69 Å². The van der Waals surface area contributed by atoms with Crippen molar-refractivity contribution in [3.63, 3.8) is 0 Å². The van der Waals surface area contributed by atoms with Gasteiger partial charge in [0, 0.05) is 26.2 Å². The van der Waals surface area contributed by atoms with Gasteiger partial charge >= 0.3 is 0 Å². The van der Waals surface area contributed by atoms with Crippen LogP contribution in [0.15, 0.2) is 23.1 Å². The molecule has 0 amide bonds. The van der Waals surface area contributed by atoms with Crippen molar-refractivity contribution in [2.24, 2.45) is 0 Å². The van der Waals surface area contributed by atoms with Crippen LogP contribution in [0, 0.1) is 0 Å². The normalized spacial score (nSPS) is 22.0. The van der Waals surface area contributed by atoms with Crippen molar-refractivity contribution in [2.75, 3.05) is 38.0 Å². The molecule has 2 N–H and O–H groups in total. The van der Waals surface area contributed by atoms with Crippen LogP contribution in [0.3, 0.4) is 0 Å². The second kappa shape index (κ2) is 5.15. The minimum absolute atomic E-state index is 0.286. The number of rotatable bonds is 2. The van der Waals surface area contributed by atoms with E-state index in [-0.39, 0.29) is 5.60 Å². The van der Waals surface area contributed by atoms with E-state index >= 15 is 0 Å². The summed E-state index contributed by atoms with van der Waals surface area (Å²) >= 11 is 0. The summed E-state index contributed by atoms with van der Waals surface area (Å²) in [5, 5.41) is 6.41. The molecule has 0 atom stereocenters. The quantitative estimate of drug-likeness (QED) is 0.848. The van der Waals surface area contributed by atoms with Crippen LogP contribution in [-0.4, -0.2) is 51.0 Å². The Morgan fingerprint density at radius 1 is 1.24 bits per heavy atom. The van der Waals surface area contributed by atoms with Crippen molar-refractivity contribution in [3.8, 4) is 5.75 Å². The van der Waals surface area contributed by atoms with Crippen LogP contribution in [0.25, 0.3) is 0 Å². The Bertz CT molecular complexity index is 637. The maximum absolute atomic E-state index is 12.6. The van der Waals surface area contributed by atoms with Crippen molar-refractivity contribution in [1.29, 1.82) is 0 Å². The third-order valence-electron chi connectivity index (χ3n) is 3.76. The van der Waals surface area contributed by atoms with Gasteiger partial charge in [0.2, 0.25) is 10.0 Å². The first-order chi connectivity index (χ1) is 9.88. The molecule has 0 bridgehead atoms. The van der Waals surface area contributed by atoms with Gasteiger partial charge in [-0.2, -0.15) is 4.31 Å². The van der Waals surface area contributed by atoms with Crippen molar-refractivity contribution < 1.29 is 13.2 Å². The van der Waals surface area contributed by atoms with Gasteiger partial charge in [-0.05, 0) is 32.0 Å². The van der Waals surface area contributed by atoms with Gasteiger partial charge in [0.25, 0.3) is 0 Å². The molecule has 1 aromatic rings. The van der Waals surface area contributed by atoms with E-state index < -0.39 is 10.0 Å². The summed E-state index contributed by atoms with van der Waals surface area (Å²) in [4.78, 5) is 0.318. The number of nitrogens with zero attached hydrogens (tertiary/aromatic N) is 1. The van der Waals surface area contributed by atoms with E-state index in [2.05, 4.69) is 10.6 Å². The average molecular weight is 311 g/mol. The Kier molecular flexibility index (Phi) is 3.59. The zero-order valence-corrected chi connectivity index (χ0v) is 13.2. The van der Waals surface area contributed by atoms with Crippen molar-refractivity contribution >= 4 is 15.7 Å². The lowest BCUT2D eigenvalue weighted by molar-refractivity contribution is 0.116. The molecule has 2 heterocycles. The monoisotopic (exact) mass is 311 g/mol. The molecule has 0 spiro atoms. The highest BCUT2D eigenvalue weighted by Gasteiger charge is 2.30. The molecule has 6 nitrogen and oxygen atoms in total. The second-order valence-electron chi connectivity index (χ2n) is 6.03. The van der Waals surface area contributed by atoms with Gasteiger partial charge < -0.3 is 15.4 Å². The standard InChI is InChI=1S/C14H21N3O3S/c1-14(2)10-16-12-9-11(3-4-13(12)20-14)21(18,19)17-7-5-15-6-8-17/h3-4,9,15-16H,5-8,10H2,1-2H3. The Hall–Kier alpha value is -1.31. The number of benzene rings is 1. The minimum atomic E-state index is -3.43. The minimum Gasteiger partial charge on any atom is -0.484 e. The lowest BCUT2D eigenvalue weighted by Crippen LogP contribution is -2.46. The molecule has 0 aliphatic carbocycles. The molecule has 1 aromatic carbocycles. The van der Waals surface area contributed by atoms with Gasteiger partial charge in [-0.25, -0.2) is 8.42 Å².